The molecular weight excluding hydrogens is 265 g/mol. The maximum absolute atomic E-state index is 14.1. The molecule has 1 unspecified atom stereocenters. The van der Waals surface area contributed by atoms with Crippen molar-refractivity contribution in [3.05, 3.63) is 35.1 Å². The quantitative estimate of drug-likeness (QED) is 0.856. The molecule has 0 aromatic heterocycles. The lowest BCUT2D eigenvalue weighted by Gasteiger charge is -2.32. The van der Waals surface area contributed by atoms with Gasteiger partial charge >= 0.3 is 0 Å². The Bertz CT molecular complexity index is 531. The van der Waals surface area contributed by atoms with Crippen LogP contribution in [0.5, 0.6) is 0 Å². The van der Waals surface area contributed by atoms with Crippen LogP contribution in [0, 0.1) is 17.1 Å². The average molecular weight is 287 g/mol. The number of benzene rings is 1. The van der Waals surface area contributed by atoms with E-state index in [-0.39, 0.29) is 11.4 Å². The second-order valence-corrected chi connectivity index (χ2v) is 6.16. The molecule has 0 aliphatic carbocycles. The predicted octanol–water partition coefficient (Wildman–Crippen LogP) is 2.76. The molecule has 0 spiro atoms. The van der Waals surface area contributed by atoms with Gasteiger partial charge in [-0.1, -0.05) is 18.6 Å². The smallest absolute Gasteiger partial charge is 0.145 e. The first-order valence-electron chi connectivity index (χ1n) is 7.92. The van der Waals surface area contributed by atoms with Crippen LogP contribution < -0.4 is 0 Å². The average Bonchev–Trinajstić information content (AvgIpc) is 2.99. The van der Waals surface area contributed by atoms with Crippen LogP contribution in [-0.4, -0.2) is 42.0 Å². The first-order valence-corrected chi connectivity index (χ1v) is 7.92. The molecule has 2 aliphatic heterocycles. The van der Waals surface area contributed by atoms with Crippen LogP contribution in [0.1, 0.15) is 36.8 Å². The topological polar surface area (TPSA) is 30.3 Å². The lowest BCUT2D eigenvalue weighted by Crippen LogP contribution is -2.40. The molecule has 2 aliphatic rings. The van der Waals surface area contributed by atoms with E-state index in [1.807, 2.05) is 6.07 Å². The lowest BCUT2D eigenvalue weighted by molar-refractivity contribution is 0.161. The summed E-state index contributed by atoms with van der Waals surface area (Å²) < 4.78 is 14.1. The number of likely N-dealkylation sites (tertiary alicyclic amines) is 2. The molecule has 1 atom stereocenters. The Labute approximate surface area is 126 Å². The minimum absolute atomic E-state index is 0.152. The summed E-state index contributed by atoms with van der Waals surface area (Å²) in [6.07, 6.45) is 5.17. The van der Waals surface area contributed by atoms with Crippen molar-refractivity contribution in [1.29, 1.82) is 5.26 Å². The molecule has 21 heavy (non-hydrogen) atoms. The van der Waals surface area contributed by atoms with Crippen LogP contribution in [-0.2, 0) is 6.54 Å². The van der Waals surface area contributed by atoms with E-state index in [2.05, 4.69) is 9.80 Å². The van der Waals surface area contributed by atoms with Gasteiger partial charge < -0.3 is 0 Å². The summed E-state index contributed by atoms with van der Waals surface area (Å²) in [6, 6.07) is 7.66. The zero-order chi connectivity index (χ0) is 14.7. The van der Waals surface area contributed by atoms with Crippen molar-refractivity contribution in [2.24, 2.45) is 0 Å². The molecule has 0 saturated carbocycles. The van der Waals surface area contributed by atoms with E-state index in [9.17, 15) is 4.39 Å². The van der Waals surface area contributed by atoms with E-state index in [0.29, 0.717) is 18.2 Å². The third-order valence-electron chi connectivity index (χ3n) is 4.75. The van der Waals surface area contributed by atoms with Gasteiger partial charge in [0.05, 0.1) is 5.56 Å². The van der Waals surface area contributed by atoms with Crippen LogP contribution in [0.3, 0.4) is 0 Å². The van der Waals surface area contributed by atoms with Crippen LogP contribution >= 0.6 is 0 Å². The third-order valence-corrected chi connectivity index (χ3v) is 4.75. The van der Waals surface area contributed by atoms with Gasteiger partial charge in [-0.15, -0.1) is 0 Å². The van der Waals surface area contributed by atoms with E-state index in [1.165, 1.54) is 38.8 Å². The van der Waals surface area contributed by atoms with E-state index < -0.39 is 0 Å². The van der Waals surface area contributed by atoms with Crippen molar-refractivity contribution < 1.29 is 4.39 Å². The van der Waals surface area contributed by atoms with E-state index in [0.717, 1.165) is 13.1 Å². The fourth-order valence-corrected chi connectivity index (χ4v) is 3.57. The third kappa shape index (κ3) is 3.25. The van der Waals surface area contributed by atoms with Crippen molar-refractivity contribution >= 4 is 0 Å². The first kappa shape index (κ1) is 14.5. The summed E-state index contributed by atoms with van der Waals surface area (Å²) in [5, 5.41) is 8.91. The van der Waals surface area contributed by atoms with Crippen molar-refractivity contribution in [3.8, 4) is 6.07 Å². The van der Waals surface area contributed by atoms with Gasteiger partial charge in [-0.3, -0.25) is 9.80 Å². The van der Waals surface area contributed by atoms with Gasteiger partial charge in [0, 0.05) is 31.2 Å². The number of halogens is 1. The van der Waals surface area contributed by atoms with Crippen LogP contribution in [0.25, 0.3) is 0 Å². The van der Waals surface area contributed by atoms with E-state index in [1.54, 1.807) is 18.2 Å². The maximum Gasteiger partial charge on any atom is 0.145 e. The lowest BCUT2D eigenvalue weighted by atomic mass is 10.1. The van der Waals surface area contributed by atoms with Gasteiger partial charge in [-0.05, 0) is 38.4 Å². The van der Waals surface area contributed by atoms with Crippen molar-refractivity contribution in [1.82, 2.24) is 9.80 Å². The predicted molar refractivity (Wildman–Crippen MR) is 80.2 cm³/mol. The monoisotopic (exact) mass is 287 g/mol. The van der Waals surface area contributed by atoms with Gasteiger partial charge in [0.25, 0.3) is 0 Å². The summed E-state index contributed by atoms with van der Waals surface area (Å²) in [4.78, 5) is 4.92. The highest BCUT2D eigenvalue weighted by Crippen LogP contribution is 2.22. The van der Waals surface area contributed by atoms with Gasteiger partial charge in [0.15, 0.2) is 0 Å². The Morgan fingerprint density at radius 1 is 1.19 bits per heavy atom. The van der Waals surface area contributed by atoms with Crippen molar-refractivity contribution in [2.75, 3.05) is 26.2 Å². The standard InChI is InChI=1S/C17H22FN3/c18-17-14(11-19)5-4-6-15(17)12-20-10-7-16(13-20)21-8-2-1-3-9-21/h4-6,16H,1-3,7-10,12-13H2. The van der Waals surface area contributed by atoms with Gasteiger partial charge in [-0.25, -0.2) is 4.39 Å². The zero-order valence-corrected chi connectivity index (χ0v) is 12.4. The molecule has 0 bridgehead atoms. The highest BCUT2D eigenvalue weighted by molar-refractivity contribution is 5.34. The number of rotatable bonds is 3. The van der Waals surface area contributed by atoms with E-state index in [4.69, 9.17) is 5.26 Å². The summed E-state index contributed by atoms with van der Waals surface area (Å²) in [5.74, 6) is -0.346. The van der Waals surface area contributed by atoms with Gasteiger partial charge in [-0.2, -0.15) is 5.26 Å². The molecule has 2 fully saturated rings. The molecule has 3 rings (SSSR count). The number of hydrogen-bond donors (Lipinski definition) is 0. The SMILES string of the molecule is N#Cc1cccc(CN2CCC(N3CCCCC3)C2)c1F. The summed E-state index contributed by atoms with van der Waals surface area (Å²) >= 11 is 0. The molecule has 0 N–H and O–H groups in total. The van der Waals surface area contributed by atoms with Crippen molar-refractivity contribution in [2.45, 2.75) is 38.3 Å². The normalized spacial score (nSPS) is 24.1. The van der Waals surface area contributed by atoms with Crippen molar-refractivity contribution in [3.63, 3.8) is 0 Å². The van der Waals surface area contributed by atoms with Gasteiger partial charge in [0.2, 0.25) is 0 Å². The Balaban J connectivity index is 1.61. The molecular formula is C17H22FN3. The van der Waals surface area contributed by atoms with Crippen LogP contribution in [0.15, 0.2) is 18.2 Å². The minimum atomic E-state index is -0.346. The maximum atomic E-state index is 14.1. The Morgan fingerprint density at radius 2 is 2.00 bits per heavy atom. The molecule has 3 nitrogen and oxygen atoms in total. The molecule has 0 amide bonds. The Kier molecular flexibility index (Phi) is 4.52. The molecule has 2 saturated heterocycles. The molecule has 1 aromatic rings. The van der Waals surface area contributed by atoms with Crippen LogP contribution in [0.4, 0.5) is 4.39 Å². The summed E-state index contributed by atoms with van der Waals surface area (Å²) in [5.41, 5.74) is 0.799. The molecule has 2 heterocycles. The molecule has 4 heteroatoms. The minimum Gasteiger partial charge on any atom is -0.299 e. The zero-order valence-electron chi connectivity index (χ0n) is 12.4. The number of hydrogen-bond acceptors (Lipinski definition) is 3. The molecule has 1 aromatic carbocycles. The van der Waals surface area contributed by atoms with Gasteiger partial charge in [0.1, 0.15) is 11.9 Å². The number of nitrogens with zero attached hydrogens (tertiary/aromatic N) is 3. The fourth-order valence-electron chi connectivity index (χ4n) is 3.57. The molecule has 112 valence electrons. The fraction of sp³-hybridized carbons (Fsp3) is 0.588. The highest BCUT2D eigenvalue weighted by atomic mass is 19.1. The largest absolute Gasteiger partial charge is 0.299 e. The van der Waals surface area contributed by atoms with E-state index >= 15 is 0 Å². The second kappa shape index (κ2) is 6.55. The number of piperidine rings is 1. The highest BCUT2D eigenvalue weighted by Gasteiger charge is 2.28. The summed E-state index contributed by atoms with van der Waals surface area (Å²) in [6.45, 7) is 5.10. The Hall–Kier alpha value is -1.44. The summed E-state index contributed by atoms with van der Waals surface area (Å²) in [7, 11) is 0. The second-order valence-electron chi connectivity index (χ2n) is 6.16. The van der Waals surface area contributed by atoms with Crippen LogP contribution in [0.2, 0.25) is 0 Å². The Morgan fingerprint density at radius 3 is 2.76 bits per heavy atom. The first-order chi connectivity index (χ1) is 10.3. The molecule has 0 radical (unpaired) electrons. The number of nitriles is 1.